The molecule has 3 rings (SSSR count). The summed E-state index contributed by atoms with van der Waals surface area (Å²) in [6.45, 7) is -0.294. The van der Waals surface area contributed by atoms with Crippen molar-refractivity contribution in [3.05, 3.63) is 6.33 Å². The summed E-state index contributed by atoms with van der Waals surface area (Å²) in [6, 6.07) is 0. The number of ether oxygens (including phenoxy) is 1. The Morgan fingerprint density at radius 1 is 1.42 bits per heavy atom. The first-order chi connectivity index (χ1) is 9.11. The van der Waals surface area contributed by atoms with Crippen molar-refractivity contribution in [1.82, 2.24) is 15.3 Å². The number of fused-ring (bicyclic) bond motifs is 1. The van der Waals surface area contributed by atoms with E-state index in [1.165, 1.54) is 11.2 Å². The van der Waals surface area contributed by atoms with E-state index in [0.717, 1.165) is 0 Å². The number of aliphatic hydroxyl groups is 3. The summed E-state index contributed by atoms with van der Waals surface area (Å²) in [4.78, 5) is 9.24. The van der Waals surface area contributed by atoms with Crippen LogP contribution in [0.5, 0.6) is 0 Å². The fraction of sp³-hybridized carbons (Fsp3) is 0.600. The lowest BCUT2D eigenvalue weighted by Gasteiger charge is -2.26. The van der Waals surface area contributed by atoms with Gasteiger partial charge in [0.05, 0.1) is 12.7 Å². The van der Waals surface area contributed by atoms with Gasteiger partial charge >= 0.3 is 0 Å². The van der Waals surface area contributed by atoms with Gasteiger partial charge in [0.25, 0.3) is 0 Å². The van der Waals surface area contributed by atoms with Crippen LogP contribution in [0.1, 0.15) is 6.42 Å². The minimum absolute atomic E-state index is 0.170. The molecule has 0 spiro atoms. The normalized spacial score (nSPS) is 33.3. The quantitative estimate of drug-likeness (QED) is 0.476. The second kappa shape index (κ2) is 4.46. The third-order valence-corrected chi connectivity index (χ3v) is 3.26. The van der Waals surface area contributed by atoms with E-state index in [4.69, 9.17) is 15.6 Å². The van der Waals surface area contributed by atoms with Crippen molar-refractivity contribution in [3.63, 3.8) is 0 Å². The van der Waals surface area contributed by atoms with Crippen molar-refractivity contribution < 1.29 is 20.1 Å². The van der Waals surface area contributed by atoms with E-state index in [9.17, 15) is 10.2 Å². The molecule has 2 aliphatic heterocycles. The van der Waals surface area contributed by atoms with Gasteiger partial charge in [0, 0.05) is 6.42 Å². The first-order valence-electron chi connectivity index (χ1n) is 5.84. The number of anilines is 2. The number of nitrogens with two attached hydrogens (primary N) is 1. The van der Waals surface area contributed by atoms with Crippen LogP contribution in [0.3, 0.4) is 0 Å². The molecule has 2 aliphatic rings. The number of nitrogens with zero attached hydrogens (tertiary/aromatic N) is 4. The molecule has 5 N–H and O–H groups in total. The summed E-state index contributed by atoms with van der Waals surface area (Å²) in [5, 5.41) is 32.7. The molecule has 1 unspecified atom stereocenters. The molecule has 1 aromatic rings. The second-order valence-electron chi connectivity index (χ2n) is 4.43. The molecule has 3 heterocycles. The molecule has 1 fully saturated rings. The molecular weight excluding hydrogens is 254 g/mol. The Bertz CT molecular complexity index is 487. The fourth-order valence-corrected chi connectivity index (χ4v) is 2.32. The molecule has 0 amide bonds. The Morgan fingerprint density at radius 3 is 2.89 bits per heavy atom. The van der Waals surface area contributed by atoms with E-state index in [-0.39, 0.29) is 18.8 Å². The second-order valence-corrected chi connectivity index (χ2v) is 4.43. The standard InChI is InChI=1S/C10H14N5O4/c11-8-7-9(13-3-12-8)15(10(18)14-7)6-1-4(17)5(2-16)19-6/h3-6,10,16-18H,1-2H2,(H2,11,12,13)/t4-,5+,6+,10?/m0/s1. The molecule has 0 aliphatic carbocycles. The summed E-state index contributed by atoms with van der Waals surface area (Å²) in [5.74, 6) is 0.527. The first kappa shape index (κ1) is 12.4. The lowest BCUT2D eigenvalue weighted by molar-refractivity contribution is -0.0329. The highest BCUT2D eigenvalue weighted by Crippen LogP contribution is 2.39. The van der Waals surface area contributed by atoms with E-state index >= 15 is 0 Å². The van der Waals surface area contributed by atoms with Crippen molar-refractivity contribution >= 4 is 17.3 Å². The molecule has 0 saturated carbocycles. The molecule has 1 aromatic heterocycles. The van der Waals surface area contributed by atoms with Crippen LogP contribution < -0.4 is 16.0 Å². The van der Waals surface area contributed by atoms with Crippen LogP contribution in [0.25, 0.3) is 0 Å². The van der Waals surface area contributed by atoms with Crippen LogP contribution in [-0.2, 0) is 4.74 Å². The van der Waals surface area contributed by atoms with Crippen LogP contribution in [0, 0.1) is 0 Å². The highest BCUT2D eigenvalue weighted by molar-refractivity contribution is 5.75. The van der Waals surface area contributed by atoms with Crippen molar-refractivity contribution in [2.75, 3.05) is 17.2 Å². The van der Waals surface area contributed by atoms with E-state index < -0.39 is 24.8 Å². The highest BCUT2D eigenvalue weighted by Gasteiger charge is 2.44. The molecule has 9 heteroatoms. The van der Waals surface area contributed by atoms with E-state index in [1.54, 1.807) is 0 Å². The maximum atomic E-state index is 9.95. The summed E-state index contributed by atoms with van der Waals surface area (Å²) in [6.07, 6.45) is -1.79. The number of aromatic nitrogens is 2. The molecule has 0 bridgehead atoms. The van der Waals surface area contributed by atoms with Crippen molar-refractivity contribution in [3.8, 4) is 0 Å². The minimum atomic E-state index is -1.19. The zero-order chi connectivity index (χ0) is 13.6. The Labute approximate surface area is 108 Å². The van der Waals surface area contributed by atoms with E-state index in [2.05, 4.69) is 15.3 Å². The summed E-state index contributed by atoms with van der Waals surface area (Å²) < 4.78 is 5.48. The fourth-order valence-electron chi connectivity index (χ4n) is 2.32. The van der Waals surface area contributed by atoms with Gasteiger partial charge in [-0.15, -0.1) is 0 Å². The van der Waals surface area contributed by atoms with Gasteiger partial charge in [0.15, 0.2) is 11.6 Å². The third kappa shape index (κ3) is 1.87. The summed E-state index contributed by atoms with van der Waals surface area (Å²) in [5.41, 5.74) is 5.97. The molecule has 1 saturated heterocycles. The monoisotopic (exact) mass is 268 g/mol. The van der Waals surface area contributed by atoms with Gasteiger partial charge in [-0.3, -0.25) is 4.90 Å². The zero-order valence-electron chi connectivity index (χ0n) is 9.92. The average Bonchev–Trinajstić information content (AvgIpc) is 2.90. The van der Waals surface area contributed by atoms with Crippen molar-refractivity contribution in [1.29, 1.82) is 0 Å². The Balaban J connectivity index is 1.89. The van der Waals surface area contributed by atoms with Crippen LogP contribution in [0.4, 0.5) is 17.3 Å². The van der Waals surface area contributed by atoms with Crippen LogP contribution in [0.15, 0.2) is 6.33 Å². The molecule has 4 atom stereocenters. The summed E-state index contributed by atoms with van der Waals surface area (Å²) >= 11 is 0. The van der Waals surface area contributed by atoms with Gasteiger partial charge in [0.2, 0.25) is 6.35 Å². The van der Waals surface area contributed by atoms with Gasteiger partial charge in [-0.2, -0.15) is 0 Å². The lowest BCUT2D eigenvalue weighted by atomic mass is 10.2. The molecular formula is C10H14N5O4. The van der Waals surface area contributed by atoms with Crippen LogP contribution >= 0.6 is 0 Å². The predicted octanol–water partition coefficient (Wildman–Crippen LogP) is -2.14. The average molecular weight is 268 g/mol. The largest absolute Gasteiger partial charge is 0.394 e. The Morgan fingerprint density at radius 2 is 2.21 bits per heavy atom. The maximum Gasteiger partial charge on any atom is 0.229 e. The lowest BCUT2D eigenvalue weighted by Crippen LogP contribution is -2.43. The summed E-state index contributed by atoms with van der Waals surface area (Å²) in [7, 11) is 0. The van der Waals surface area contributed by atoms with Gasteiger partial charge in [-0.25, -0.2) is 15.3 Å². The number of nitrogen functional groups attached to an aromatic ring is 1. The number of aliphatic hydroxyl groups excluding tert-OH is 3. The van der Waals surface area contributed by atoms with Gasteiger partial charge < -0.3 is 25.8 Å². The van der Waals surface area contributed by atoms with Crippen LogP contribution in [0.2, 0.25) is 0 Å². The zero-order valence-corrected chi connectivity index (χ0v) is 9.92. The van der Waals surface area contributed by atoms with Crippen molar-refractivity contribution in [2.45, 2.75) is 31.2 Å². The molecule has 1 radical (unpaired) electrons. The number of hydrogen-bond acceptors (Lipinski definition) is 8. The minimum Gasteiger partial charge on any atom is -0.394 e. The van der Waals surface area contributed by atoms with E-state index in [1.807, 2.05) is 0 Å². The van der Waals surface area contributed by atoms with E-state index in [0.29, 0.717) is 11.5 Å². The Hall–Kier alpha value is -1.68. The highest BCUT2D eigenvalue weighted by atomic mass is 16.5. The van der Waals surface area contributed by atoms with Gasteiger partial charge in [0.1, 0.15) is 24.3 Å². The molecule has 0 aromatic carbocycles. The Kier molecular flexibility index (Phi) is 2.90. The smallest absolute Gasteiger partial charge is 0.229 e. The van der Waals surface area contributed by atoms with Gasteiger partial charge in [-0.05, 0) is 0 Å². The third-order valence-electron chi connectivity index (χ3n) is 3.26. The maximum absolute atomic E-state index is 9.95. The van der Waals surface area contributed by atoms with Crippen LogP contribution in [-0.4, -0.2) is 56.7 Å². The molecule has 103 valence electrons. The number of rotatable bonds is 2. The molecule has 9 nitrogen and oxygen atoms in total. The van der Waals surface area contributed by atoms with Crippen molar-refractivity contribution in [2.24, 2.45) is 0 Å². The predicted molar refractivity (Wildman–Crippen MR) is 63.1 cm³/mol. The number of hydrogen-bond donors (Lipinski definition) is 4. The molecule has 19 heavy (non-hydrogen) atoms. The first-order valence-corrected chi connectivity index (χ1v) is 5.84. The SMILES string of the molecule is Nc1ncnc2c1[N]C(O)N2[C@H]1C[C@H](O)[C@@H](CO)O1. The topological polar surface area (TPSA) is 139 Å². The van der Waals surface area contributed by atoms with Gasteiger partial charge in [-0.1, -0.05) is 0 Å².